The molecule has 0 bridgehead atoms. The number of hydrogen-bond donors (Lipinski definition) is 3. The summed E-state index contributed by atoms with van der Waals surface area (Å²) >= 11 is 0. The molecular formula is C25H32N4O3. The van der Waals surface area contributed by atoms with Crippen LogP contribution in [0.5, 0.6) is 0 Å². The minimum atomic E-state index is -0.200. The third-order valence-corrected chi connectivity index (χ3v) is 5.77. The number of nitrogens with zero attached hydrogens (tertiary/aromatic N) is 1. The van der Waals surface area contributed by atoms with Gasteiger partial charge in [0.05, 0.1) is 6.54 Å². The molecule has 32 heavy (non-hydrogen) atoms. The van der Waals surface area contributed by atoms with Gasteiger partial charge >= 0.3 is 0 Å². The van der Waals surface area contributed by atoms with Crippen molar-refractivity contribution in [3.8, 4) is 0 Å². The second-order valence-corrected chi connectivity index (χ2v) is 8.39. The van der Waals surface area contributed by atoms with E-state index in [1.807, 2.05) is 30.0 Å². The second-order valence-electron chi connectivity index (χ2n) is 8.39. The van der Waals surface area contributed by atoms with Crippen LogP contribution in [0.3, 0.4) is 0 Å². The minimum absolute atomic E-state index is 0.0433. The lowest BCUT2D eigenvalue weighted by Crippen LogP contribution is -2.37. The van der Waals surface area contributed by atoms with E-state index in [0.29, 0.717) is 23.6 Å². The molecule has 0 unspecified atom stereocenters. The van der Waals surface area contributed by atoms with Crippen molar-refractivity contribution in [1.29, 1.82) is 0 Å². The highest BCUT2D eigenvalue weighted by Gasteiger charge is 2.21. The van der Waals surface area contributed by atoms with Gasteiger partial charge in [0.1, 0.15) is 0 Å². The Morgan fingerprint density at radius 3 is 2.25 bits per heavy atom. The van der Waals surface area contributed by atoms with Gasteiger partial charge in [-0.2, -0.15) is 0 Å². The van der Waals surface area contributed by atoms with Gasteiger partial charge in [-0.25, -0.2) is 0 Å². The van der Waals surface area contributed by atoms with Crippen molar-refractivity contribution in [3.05, 3.63) is 53.6 Å². The molecule has 1 fully saturated rings. The number of anilines is 3. The van der Waals surface area contributed by atoms with Crippen LogP contribution in [-0.2, 0) is 9.59 Å². The summed E-state index contributed by atoms with van der Waals surface area (Å²) in [4.78, 5) is 38.5. The van der Waals surface area contributed by atoms with Crippen LogP contribution in [0.4, 0.5) is 17.1 Å². The number of rotatable bonds is 7. The van der Waals surface area contributed by atoms with Crippen LogP contribution < -0.4 is 16.0 Å². The summed E-state index contributed by atoms with van der Waals surface area (Å²) in [5.41, 5.74) is 3.70. The van der Waals surface area contributed by atoms with Crippen LogP contribution in [-0.4, -0.2) is 42.3 Å². The first-order valence-electron chi connectivity index (χ1n) is 11.2. The van der Waals surface area contributed by atoms with Crippen LogP contribution in [0.2, 0.25) is 0 Å². The zero-order valence-electron chi connectivity index (χ0n) is 19.0. The zero-order chi connectivity index (χ0) is 23.1. The number of aryl methyl sites for hydroxylation is 1. The number of hydrogen-bond acceptors (Lipinski definition) is 4. The van der Waals surface area contributed by atoms with Gasteiger partial charge in [0.25, 0.3) is 5.91 Å². The maximum absolute atomic E-state index is 12.6. The summed E-state index contributed by atoms with van der Waals surface area (Å²) in [7, 11) is 0. The molecule has 0 radical (unpaired) electrons. The van der Waals surface area contributed by atoms with E-state index in [0.717, 1.165) is 42.9 Å². The van der Waals surface area contributed by atoms with Gasteiger partial charge in [0.2, 0.25) is 11.8 Å². The Labute approximate surface area is 189 Å². The van der Waals surface area contributed by atoms with Crippen LogP contribution in [0.15, 0.2) is 42.5 Å². The largest absolute Gasteiger partial charge is 0.376 e. The van der Waals surface area contributed by atoms with Gasteiger partial charge in [-0.1, -0.05) is 19.9 Å². The van der Waals surface area contributed by atoms with Gasteiger partial charge < -0.3 is 20.9 Å². The van der Waals surface area contributed by atoms with E-state index in [1.54, 1.807) is 31.2 Å². The fourth-order valence-electron chi connectivity index (χ4n) is 3.58. The highest BCUT2D eigenvalue weighted by atomic mass is 16.2. The quantitative estimate of drug-likeness (QED) is 0.605. The number of carbonyl (C=O) groups is 3. The fraction of sp³-hybridized carbons (Fsp3) is 0.400. The molecule has 170 valence electrons. The summed E-state index contributed by atoms with van der Waals surface area (Å²) in [5.74, 6) is 0.460. The predicted molar refractivity (Wildman–Crippen MR) is 128 cm³/mol. The van der Waals surface area contributed by atoms with E-state index < -0.39 is 0 Å². The van der Waals surface area contributed by atoms with Crippen molar-refractivity contribution >= 4 is 34.8 Å². The van der Waals surface area contributed by atoms with E-state index in [9.17, 15) is 14.4 Å². The summed E-state index contributed by atoms with van der Waals surface area (Å²) in [5, 5.41) is 8.77. The standard InChI is InChI=1S/C25H32N4O3/c1-4-23(30)28-22-15-21(8-5-18(22)3)26-16-24(31)27-20-9-6-19(7-10-20)25(32)29-13-11-17(2)12-14-29/h5-10,15,17,26H,4,11-14,16H2,1-3H3,(H,27,31)(H,28,30). The second kappa shape index (κ2) is 10.8. The van der Waals surface area contributed by atoms with Crippen molar-refractivity contribution in [2.75, 3.05) is 35.6 Å². The predicted octanol–water partition coefficient (Wildman–Crippen LogP) is 4.27. The van der Waals surface area contributed by atoms with Gasteiger partial charge in [-0.15, -0.1) is 0 Å². The molecule has 2 aromatic carbocycles. The lowest BCUT2D eigenvalue weighted by Gasteiger charge is -2.30. The Hall–Kier alpha value is -3.35. The number of benzene rings is 2. The molecule has 0 saturated carbocycles. The maximum atomic E-state index is 12.6. The highest BCUT2D eigenvalue weighted by molar-refractivity contribution is 5.97. The zero-order valence-corrected chi connectivity index (χ0v) is 19.0. The first kappa shape index (κ1) is 23.3. The van der Waals surface area contributed by atoms with Gasteiger partial charge in [0.15, 0.2) is 0 Å². The molecule has 3 rings (SSSR count). The van der Waals surface area contributed by atoms with Crippen molar-refractivity contribution < 1.29 is 14.4 Å². The number of nitrogens with one attached hydrogen (secondary N) is 3. The smallest absolute Gasteiger partial charge is 0.253 e. The highest BCUT2D eigenvalue weighted by Crippen LogP contribution is 2.21. The van der Waals surface area contributed by atoms with Crippen molar-refractivity contribution in [2.45, 2.75) is 40.0 Å². The molecule has 3 amide bonds. The minimum Gasteiger partial charge on any atom is -0.376 e. The van der Waals surface area contributed by atoms with E-state index in [-0.39, 0.29) is 24.3 Å². The number of likely N-dealkylation sites (tertiary alicyclic amines) is 1. The molecule has 2 aromatic rings. The SMILES string of the molecule is CCC(=O)Nc1cc(NCC(=O)Nc2ccc(C(=O)N3CCC(C)CC3)cc2)ccc1C. The number of piperidine rings is 1. The monoisotopic (exact) mass is 436 g/mol. The summed E-state index contributed by atoms with van der Waals surface area (Å²) in [6, 6.07) is 12.6. The average Bonchev–Trinajstić information content (AvgIpc) is 2.80. The lowest BCUT2D eigenvalue weighted by molar-refractivity contribution is -0.116. The molecule has 0 atom stereocenters. The normalized spacial score (nSPS) is 14.0. The molecule has 3 N–H and O–H groups in total. The summed E-state index contributed by atoms with van der Waals surface area (Å²) in [6.07, 6.45) is 2.49. The van der Waals surface area contributed by atoms with Gasteiger partial charge in [0, 0.05) is 42.1 Å². The summed E-state index contributed by atoms with van der Waals surface area (Å²) in [6.45, 7) is 7.61. The molecule has 7 heteroatoms. The van der Waals surface area contributed by atoms with Crippen LogP contribution in [0.25, 0.3) is 0 Å². The van der Waals surface area contributed by atoms with Crippen LogP contribution >= 0.6 is 0 Å². The molecule has 1 aliphatic rings. The van der Waals surface area contributed by atoms with Crippen molar-refractivity contribution in [1.82, 2.24) is 4.90 Å². The topological polar surface area (TPSA) is 90.5 Å². The number of amides is 3. The molecule has 0 aliphatic carbocycles. The van der Waals surface area contributed by atoms with Crippen LogP contribution in [0.1, 0.15) is 49.0 Å². The van der Waals surface area contributed by atoms with E-state index in [1.165, 1.54) is 0 Å². The Morgan fingerprint density at radius 1 is 0.938 bits per heavy atom. The first-order valence-corrected chi connectivity index (χ1v) is 11.2. The molecule has 7 nitrogen and oxygen atoms in total. The molecule has 1 heterocycles. The van der Waals surface area contributed by atoms with Gasteiger partial charge in [-0.05, 0) is 67.6 Å². The van der Waals surface area contributed by atoms with E-state index in [4.69, 9.17) is 0 Å². The molecule has 0 spiro atoms. The molecule has 0 aromatic heterocycles. The Kier molecular flexibility index (Phi) is 7.87. The van der Waals surface area contributed by atoms with Crippen molar-refractivity contribution in [2.24, 2.45) is 5.92 Å². The third-order valence-electron chi connectivity index (χ3n) is 5.77. The van der Waals surface area contributed by atoms with Crippen molar-refractivity contribution in [3.63, 3.8) is 0 Å². The summed E-state index contributed by atoms with van der Waals surface area (Å²) < 4.78 is 0. The fourth-order valence-corrected chi connectivity index (χ4v) is 3.58. The molecule has 1 saturated heterocycles. The Bertz CT molecular complexity index is 964. The first-order chi connectivity index (χ1) is 15.4. The maximum Gasteiger partial charge on any atom is 0.253 e. The molecule has 1 aliphatic heterocycles. The van der Waals surface area contributed by atoms with Crippen LogP contribution in [0, 0.1) is 12.8 Å². The Morgan fingerprint density at radius 2 is 1.59 bits per heavy atom. The third kappa shape index (κ3) is 6.33. The molecular weight excluding hydrogens is 404 g/mol. The Balaban J connectivity index is 1.51. The average molecular weight is 437 g/mol. The van der Waals surface area contributed by atoms with Gasteiger partial charge in [-0.3, -0.25) is 14.4 Å². The lowest BCUT2D eigenvalue weighted by atomic mass is 9.98. The van der Waals surface area contributed by atoms with E-state index >= 15 is 0 Å². The number of carbonyl (C=O) groups excluding carboxylic acids is 3. The van der Waals surface area contributed by atoms with E-state index in [2.05, 4.69) is 22.9 Å².